The molecule has 0 rings (SSSR count). The summed E-state index contributed by atoms with van der Waals surface area (Å²) in [5.41, 5.74) is 0.472. The van der Waals surface area contributed by atoms with Crippen molar-refractivity contribution in [2.45, 2.75) is 27.2 Å². The molecule has 0 aromatic carbocycles. The molecule has 2 N–H and O–H groups in total. The number of hydrogen-bond donors (Lipinski definition) is 2. The van der Waals surface area contributed by atoms with Gasteiger partial charge >= 0.3 is 11.9 Å². The topological polar surface area (TPSA) is 74.6 Å². The lowest BCUT2D eigenvalue weighted by atomic mass is 10.1. The van der Waals surface area contributed by atoms with Crippen LogP contribution < -0.4 is 0 Å². The number of carboxylic acid groups (broad SMARTS) is 2. The molecule has 0 unspecified atom stereocenters. The molecular formula is C13H22O4. The van der Waals surface area contributed by atoms with Crippen LogP contribution in [0.5, 0.6) is 0 Å². The van der Waals surface area contributed by atoms with E-state index < -0.39 is 11.9 Å². The smallest absolute Gasteiger partial charge is 0.330 e. The summed E-state index contributed by atoms with van der Waals surface area (Å²) in [4.78, 5) is 19.7. The first-order chi connectivity index (χ1) is 7.68. The molecule has 17 heavy (non-hydrogen) atoms. The maximum absolute atomic E-state index is 10.1. The van der Waals surface area contributed by atoms with E-state index in [1.54, 1.807) is 0 Å². The van der Waals surface area contributed by atoms with Crippen LogP contribution in [-0.4, -0.2) is 22.2 Å². The Hall–Kier alpha value is -1.84. The second-order valence-electron chi connectivity index (χ2n) is 3.59. The lowest BCUT2D eigenvalue weighted by Gasteiger charge is -2.01. The molecule has 0 fully saturated rings. The molecule has 0 aromatic rings. The molecule has 0 aliphatic rings. The van der Waals surface area contributed by atoms with Gasteiger partial charge in [-0.3, -0.25) is 0 Å². The molecule has 0 heterocycles. The molecule has 0 saturated heterocycles. The Morgan fingerprint density at radius 2 is 1.35 bits per heavy atom. The van der Waals surface area contributed by atoms with Crippen molar-refractivity contribution >= 4 is 11.9 Å². The Bertz CT molecular complexity index is 265. The van der Waals surface area contributed by atoms with E-state index in [1.807, 2.05) is 13.8 Å². The van der Waals surface area contributed by atoms with E-state index in [4.69, 9.17) is 10.2 Å². The summed E-state index contributed by atoms with van der Waals surface area (Å²) >= 11 is 0. The second-order valence-corrected chi connectivity index (χ2v) is 3.59. The largest absolute Gasteiger partial charge is 0.478 e. The summed E-state index contributed by atoms with van der Waals surface area (Å²) in [6, 6.07) is 0. The van der Waals surface area contributed by atoms with Crippen molar-refractivity contribution in [2.24, 2.45) is 5.92 Å². The Morgan fingerprint density at radius 1 is 1.06 bits per heavy atom. The molecule has 0 saturated carbocycles. The minimum atomic E-state index is -0.935. The summed E-state index contributed by atoms with van der Waals surface area (Å²) in [5, 5.41) is 16.2. The summed E-state index contributed by atoms with van der Waals surface area (Å²) < 4.78 is 0. The third-order valence-electron chi connectivity index (χ3n) is 1.32. The van der Waals surface area contributed by atoms with Crippen molar-refractivity contribution in [1.82, 2.24) is 0 Å². The number of carboxylic acids is 2. The van der Waals surface area contributed by atoms with Gasteiger partial charge in [-0.05, 0) is 19.3 Å². The van der Waals surface area contributed by atoms with Crippen LogP contribution in [0.15, 0.2) is 37.5 Å². The molecule has 0 aliphatic carbocycles. The van der Waals surface area contributed by atoms with Gasteiger partial charge in [0.1, 0.15) is 0 Å². The van der Waals surface area contributed by atoms with Crippen LogP contribution >= 0.6 is 0 Å². The highest BCUT2D eigenvalue weighted by molar-refractivity contribution is 5.85. The highest BCUT2D eigenvalue weighted by Crippen LogP contribution is 2.07. The molecule has 0 bridgehead atoms. The van der Waals surface area contributed by atoms with Crippen LogP contribution in [0.25, 0.3) is 0 Å². The molecule has 0 aliphatic heterocycles. The van der Waals surface area contributed by atoms with Gasteiger partial charge in [-0.25, -0.2) is 9.59 Å². The minimum absolute atomic E-state index is 0.176. The first-order valence-corrected chi connectivity index (χ1v) is 4.98. The molecule has 0 amide bonds. The van der Waals surface area contributed by atoms with Crippen molar-refractivity contribution in [3.05, 3.63) is 37.5 Å². The van der Waals surface area contributed by atoms with Gasteiger partial charge in [-0.1, -0.05) is 27.0 Å². The van der Waals surface area contributed by atoms with Crippen LogP contribution in [0.4, 0.5) is 0 Å². The van der Waals surface area contributed by atoms with Gasteiger partial charge in [0, 0.05) is 11.1 Å². The van der Waals surface area contributed by atoms with Gasteiger partial charge in [-0.2, -0.15) is 0 Å². The van der Waals surface area contributed by atoms with Crippen molar-refractivity contribution in [1.29, 1.82) is 0 Å². The van der Waals surface area contributed by atoms with Crippen molar-refractivity contribution in [2.75, 3.05) is 0 Å². The highest BCUT2D eigenvalue weighted by Gasteiger charge is 2.04. The van der Waals surface area contributed by atoms with Gasteiger partial charge in [0.15, 0.2) is 0 Å². The Kier molecular flexibility index (Phi) is 14.8. The Labute approximate surface area is 103 Å². The normalized spacial score (nSPS) is 8.00. The quantitative estimate of drug-likeness (QED) is 0.586. The first-order valence-electron chi connectivity index (χ1n) is 4.98. The molecule has 0 radical (unpaired) electrons. The maximum atomic E-state index is 10.1. The van der Waals surface area contributed by atoms with E-state index >= 15 is 0 Å². The maximum Gasteiger partial charge on any atom is 0.330 e. The van der Waals surface area contributed by atoms with Gasteiger partial charge in [-0.15, -0.1) is 13.2 Å². The summed E-state index contributed by atoms with van der Waals surface area (Å²) in [5.74, 6) is -1.44. The zero-order valence-electron chi connectivity index (χ0n) is 10.8. The van der Waals surface area contributed by atoms with Crippen molar-refractivity contribution in [3.63, 3.8) is 0 Å². The molecule has 0 atom stereocenters. The van der Waals surface area contributed by atoms with E-state index in [-0.39, 0.29) is 5.57 Å². The number of hydrogen-bond acceptors (Lipinski definition) is 2. The van der Waals surface area contributed by atoms with Gasteiger partial charge in [0.25, 0.3) is 0 Å². The van der Waals surface area contributed by atoms with Crippen LogP contribution in [0.1, 0.15) is 27.2 Å². The number of aliphatic carboxylic acids is 2. The summed E-state index contributed by atoms with van der Waals surface area (Å²) in [6.45, 7) is 17.9. The predicted octanol–water partition coefficient (Wildman–Crippen LogP) is 3.12. The molecule has 4 heteroatoms. The number of rotatable bonds is 4. The Balaban J connectivity index is -0.000000213. The number of carbonyl (C=O) groups is 2. The predicted molar refractivity (Wildman–Crippen MR) is 69.9 cm³/mol. The van der Waals surface area contributed by atoms with E-state index in [2.05, 4.69) is 26.3 Å². The van der Waals surface area contributed by atoms with Crippen molar-refractivity contribution < 1.29 is 19.8 Å². The van der Waals surface area contributed by atoms with Crippen LogP contribution in [0.2, 0.25) is 0 Å². The van der Waals surface area contributed by atoms with Gasteiger partial charge in [0.05, 0.1) is 0 Å². The minimum Gasteiger partial charge on any atom is -0.478 e. The monoisotopic (exact) mass is 242 g/mol. The van der Waals surface area contributed by atoms with Crippen LogP contribution in [0, 0.1) is 5.92 Å². The molecule has 4 nitrogen and oxygen atoms in total. The SMILES string of the molecule is C=C.C=C(C)C(=O)O.C=C(CC(C)C)C(=O)O. The second kappa shape index (κ2) is 12.2. The lowest BCUT2D eigenvalue weighted by molar-refractivity contribution is -0.133. The van der Waals surface area contributed by atoms with Gasteiger partial charge < -0.3 is 10.2 Å². The fraction of sp³-hybridized carbons (Fsp3) is 0.385. The van der Waals surface area contributed by atoms with Gasteiger partial charge in [0.2, 0.25) is 0 Å². The van der Waals surface area contributed by atoms with E-state index in [9.17, 15) is 9.59 Å². The average molecular weight is 242 g/mol. The fourth-order valence-electron chi connectivity index (χ4n) is 0.580. The highest BCUT2D eigenvalue weighted by atomic mass is 16.4. The zero-order valence-corrected chi connectivity index (χ0v) is 10.8. The molecular weight excluding hydrogens is 220 g/mol. The average Bonchev–Trinajstić information content (AvgIpc) is 2.20. The van der Waals surface area contributed by atoms with Crippen molar-refractivity contribution in [3.8, 4) is 0 Å². The third-order valence-corrected chi connectivity index (χ3v) is 1.32. The fourth-order valence-corrected chi connectivity index (χ4v) is 0.580. The third kappa shape index (κ3) is 20.3. The summed E-state index contributed by atoms with van der Waals surface area (Å²) in [6.07, 6.45) is 0.579. The molecule has 98 valence electrons. The van der Waals surface area contributed by atoms with E-state index in [0.29, 0.717) is 17.9 Å². The molecule has 0 aromatic heterocycles. The van der Waals surface area contributed by atoms with Crippen LogP contribution in [0.3, 0.4) is 0 Å². The zero-order chi connectivity index (χ0) is 14.6. The molecule has 0 spiro atoms. The Morgan fingerprint density at radius 3 is 1.41 bits per heavy atom. The summed E-state index contributed by atoms with van der Waals surface area (Å²) in [7, 11) is 0. The van der Waals surface area contributed by atoms with E-state index in [0.717, 1.165) is 0 Å². The standard InChI is InChI=1S/C7H12O2.C4H6O2.C2H4/c1-5(2)4-6(3)7(8)9;1-3(2)4(5)6;1-2/h5H,3-4H2,1-2H3,(H,8,9);1H2,2H3,(H,5,6);1-2H2. The lowest BCUT2D eigenvalue weighted by Crippen LogP contribution is -2.01. The van der Waals surface area contributed by atoms with Crippen LogP contribution in [-0.2, 0) is 9.59 Å². The van der Waals surface area contributed by atoms with E-state index in [1.165, 1.54) is 6.92 Å². The first kappa shape index (κ1) is 20.6.